The molecule has 0 aliphatic heterocycles. The van der Waals surface area contributed by atoms with Crippen molar-refractivity contribution in [1.29, 1.82) is 0 Å². The molecule has 34 heavy (non-hydrogen) atoms. The highest BCUT2D eigenvalue weighted by atomic mass is 16.5. The van der Waals surface area contributed by atoms with Gasteiger partial charge in [0, 0.05) is 11.6 Å². The fourth-order valence-corrected chi connectivity index (χ4v) is 4.12. The molecular formula is C26H25N3O5. The minimum Gasteiger partial charge on any atom is -0.449 e. The normalized spacial score (nSPS) is 12.9. The number of ether oxygens (including phenoxy) is 1. The molecule has 3 aromatic carbocycles. The molecule has 3 aromatic rings. The van der Waals surface area contributed by atoms with Crippen molar-refractivity contribution in [2.75, 3.05) is 11.9 Å². The molecule has 0 fully saturated rings. The van der Waals surface area contributed by atoms with Crippen LogP contribution >= 0.6 is 0 Å². The van der Waals surface area contributed by atoms with Gasteiger partial charge in [0.1, 0.15) is 12.6 Å². The standard InChI is InChI=1S/C26H25N3O5/c27-24(31)13-23(25(32)28-17-11-9-16(14-30)10-12-17)29-26(33)34-15-22-20-7-3-1-5-18(20)19-6-2-4-8-21(19)22/h1-12,22-23,30H,13-15H2,(H2,27,31)(H,28,32)(H,29,33)/t23-/m0/s1. The van der Waals surface area contributed by atoms with Crippen LogP contribution < -0.4 is 16.4 Å². The minimum absolute atomic E-state index is 0.0768. The van der Waals surface area contributed by atoms with Gasteiger partial charge in [0.15, 0.2) is 0 Å². The Bertz CT molecular complexity index is 1160. The van der Waals surface area contributed by atoms with Crippen LogP contribution in [0.5, 0.6) is 0 Å². The van der Waals surface area contributed by atoms with Gasteiger partial charge in [-0.3, -0.25) is 9.59 Å². The molecule has 0 aromatic heterocycles. The van der Waals surface area contributed by atoms with Gasteiger partial charge in [-0.1, -0.05) is 60.7 Å². The Morgan fingerprint density at radius 1 is 0.912 bits per heavy atom. The molecule has 0 saturated heterocycles. The molecule has 3 amide bonds. The van der Waals surface area contributed by atoms with Gasteiger partial charge in [-0.2, -0.15) is 0 Å². The monoisotopic (exact) mass is 459 g/mol. The number of primary amides is 1. The third-order valence-corrected chi connectivity index (χ3v) is 5.76. The number of carbonyl (C=O) groups excluding carboxylic acids is 3. The van der Waals surface area contributed by atoms with E-state index in [1.807, 2.05) is 48.5 Å². The molecule has 0 bridgehead atoms. The first-order chi connectivity index (χ1) is 16.5. The number of alkyl carbamates (subject to hydrolysis) is 1. The highest BCUT2D eigenvalue weighted by Crippen LogP contribution is 2.44. The number of aliphatic hydroxyl groups excluding tert-OH is 1. The lowest BCUT2D eigenvalue weighted by molar-refractivity contribution is -0.123. The molecule has 4 rings (SSSR count). The first-order valence-electron chi connectivity index (χ1n) is 10.9. The van der Waals surface area contributed by atoms with Gasteiger partial charge >= 0.3 is 6.09 Å². The summed E-state index contributed by atoms with van der Waals surface area (Å²) in [6.07, 6.45) is -1.20. The Kier molecular flexibility index (Phi) is 6.89. The Balaban J connectivity index is 1.41. The van der Waals surface area contributed by atoms with Crippen molar-refractivity contribution in [3.8, 4) is 11.1 Å². The Labute approximate surface area is 196 Å². The van der Waals surface area contributed by atoms with Crippen LogP contribution in [0.1, 0.15) is 29.0 Å². The maximum Gasteiger partial charge on any atom is 0.407 e. The number of hydrogen-bond acceptors (Lipinski definition) is 5. The smallest absolute Gasteiger partial charge is 0.407 e. The Hall–Kier alpha value is -4.17. The van der Waals surface area contributed by atoms with Crippen molar-refractivity contribution in [2.45, 2.75) is 25.0 Å². The fourth-order valence-electron chi connectivity index (χ4n) is 4.12. The second-order valence-electron chi connectivity index (χ2n) is 8.04. The first-order valence-corrected chi connectivity index (χ1v) is 10.9. The largest absolute Gasteiger partial charge is 0.449 e. The summed E-state index contributed by atoms with van der Waals surface area (Å²) < 4.78 is 5.47. The number of anilines is 1. The van der Waals surface area contributed by atoms with Crippen molar-refractivity contribution in [3.63, 3.8) is 0 Å². The number of aliphatic hydroxyl groups is 1. The number of benzene rings is 3. The van der Waals surface area contributed by atoms with Crippen LogP contribution in [0.2, 0.25) is 0 Å². The summed E-state index contributed by atoms with van der Waals surface area (Å²) >= 11 is 0. The minimum atomic E-state index is -1.20. The van der Waals surface area contributed by atoms with Gasteiger partial charge in [-0.05, 0) is 39.9 Å². The summed E-state index contributed by atoms with van der Waals surface area (Å²) in [6, 6.07) is 21.2. The quantitative estimate of drug-likeness (QED) is 0.411. The topological polar surface area (TPSA) is 131 Å². The molecule has 0 heterocycles. The van der Waals surface area contributed by atoms with Gasteiger partial charge in [-0.15, -0.1) is 0 Å². The molecule has 1 aliphatic carbocycles. The van der Waals surface area contributed by atoms with Crippen molar-refractivity contribution < 1.29 is 24.2 Å². The molecule has 1 aliphatic rings. The van der Waals surface area contributed by atoms with Crippen LogP contribution in [0.15, 0.2) is 72.8 Å². The second kappa shape index (κ2) is 10.2. The summed E-state index contributed by atoms with van der Waals surface area (Å²) in [5, 5.41) is 14.2. The van der Waals surface area contributed by atoms with E-state index >= 15 is 0 Å². The van der Waals surface area contributed by atoms with Crippen LogP contribution in [0.3, 0.4) is 0 Å². The third kappa shape index (κ3) is 5.07. The summed E-state index contributed by atoms with van der Waals surface area (Å²) in [6.45, 7) is -0.0464. The number of hydrogen-bond donors (Lipinski definition) is 4. The lowest BCUT2D eigenvalue weighted by Gasteiger charge is -2.19. The molecule has 0 spiro atoms. The maximum absolute atomic E-state index is 12.7. The Morgan fingerprint density at radius 3 is 2.06 bits per heavy atom. The Morgan fingerprint density at radius 2 is 1.50 bits per heavy atom. The van der Waals surface area contributed by atoms with Crippen molar-refractivity contribution in [1.82, 2.24) is 5.32 Å². The average molecular weight is 460 g/mol. The van der Waals surface area contributed by atoms with E-state index in [9.17, 15) is 14.4 Å². The molecule has 0 unspecified atom stereocenters. The molecule has 0 saturated carbocycles. The molecule has 0 radical (unpaired) electrons. The molecule has 8 nitrogen and oxygen atoms in total. The summed E-state index contributed by atoms with van der Waals surface area (Å²) in [5.41, 5.74) is 10.7. The molecular weight excluding hydrogens is 434 g/mol. The van der Waals surface area contributed by atoms with Crippen LogP contribution in [-0.4, -0.2) is 35.7 Å². The van der Waals surface area contributed by atoms with Gasteiger partial charge in [0.25, 0.3) is 0 Å². The van der Waals surface area contributed by atoms with E-state index in [2.05, 4.69) is 10.6 Å². The number of carbonyl (C=O) groups is 3. The molecule has 174 valence electrons. The van der Waals surface area contributed by atoms with E-state index in [1.165, 1.54) is 0 Å². The predicted molar refractivity (Wildman–Crippen MR) is 127 cm³/mol. The van der Waals surface area contributed by atoms with E-state index < -0.39 is 23.9 Å². The number of amides is 3. The van der Waals surface area contributed by atoms with Gasteiger partial charge < -0.3 is 26.2 Å². The van der Waals surface area contributed by atoms with Crippen LogP contribution in [0.25, 0.3) is 11.1 Å². The predicted octanol–water partition coefficient (Wildman–Crippen LogP) is 2.90. The maximum atomic E-state index is 12.7. The highest BCUT2D eigenvalue weighted by molar-refractivity contribution is 5.99. The summed E-state index contributed by atoms with van der Waals surface area (Å²) in [7, 11) is 0. The van der Waals surface area contributed by atoms with Crippen LogP contribution in [0.4, 0.5) is 10.5 Å². The van der Waals surface area contributed by atoms with Crippen molar-refractivity contribution >= 4 is 23.6 Å². The van der Waals surface area contributed by atoms with Crippen molar-refractivity contribution in [3.05, 3.63) is 89.5 Å². The third-order valence-electron chi connectivity index (χ3n) is 5.76. The zero-order valence-corrected chi connectivity index (χ0v) is 18.4. The van der Waals surface area contributed by atoms with E-state index in [-0.39, 0.29) is 25.6 Å². The van der Waals surface area contributed by atoms with Crippen LogP contribution in [-0.2, 0) is 20.9 Å². The van der Waals surface area contributed by atoms with Crippen molar-refractivity contribution in [2.24, 2.45) is 5.73 Å². The SMILES string of the molecule is NC(=O)C[C@H](NC(=O)OCC1c2ccccc2-c2ccccc21)C(=O)Nc1ccc(CO)cc1. The molecule has 8 heteroatoms. The number of rotatable bonds is 8. The number of nitrogens with two attached hydrogens (primary N) is 1. The van der Waals surface area contributed by atoms with Gasteiger partial charge in [-0.25, -0.2) is 4.79 Å². The zero-order chi connectivity index (χ0) is 24.1. The second-order valence-corrected chi connectivity index (χ2v) is 8.04. The van der Waals surface area contributed by atoms with E-state index in [1.54, 1.807) is 24.3 Å². The number of fused-ring (bicyclic) bond motifs is 3. The van der Waals surface area contributed by atoms with Crippen LogP contribution in [0, 0.1) is 0 Å². The lowest BCUT2D eigenvalue weighted by Crippen LogP contribution is -2.46. The molecule has 1 atom stereocenters. The summed E-state index contributed by atoms with van der Waals surface area (Å²) in [5.74, 6) is -1.48. The number of nitrogens with one attached hydrogen (secondary N) is 2. The van der Waals surface area contributed by atoms with E-state index in [0.717, 1.165) is 22.3 Å². The van der Waals surface area contributed by atoms with E-state index in [4.69, 9.17) is 15.6 Å². The zero-order valence-electron chi connectivity index (χ0n) is 18.4. The average Bonchev–Trinajstić information content (AvgIpc) is 3.16. The molecule has 5 N–H and O–H groups in total. The summed E-state index contributed by atoms with van der Waals surface area (Å²) in [4.78, 5) is 36.7. The first kappa shape index (κ1) is 23.0. The van der Waals surface area contributed by atoms with Gasteiger partial charge in [0.2, 0.25) is 11.8 Å². The fraction of sp³-hybridized carbons (Fsp3) is 0.192. The highest BCUT2D eigenvalue weighted by Gasteiger charge is 2.30. The van der Waals surface area contributed by atoms with E-state index in [0.29, 0.717) is 11.3 Å². The van der Waals surface area contributed by atoms with Gasteiger partial charge in [0.05, 0.1) is 13.0 Å². The lowest BCUT2D eigenvalue weighted by atomic mass is 9.98.